The minimum Gasteiger partial charge on any atom is -0.463 e. The molecule has 4 rings (SSSR count). The van der Waals surface area contributed by atoms with E-state index < -0.39 is 29.0 Å². The number of epoxide rings is 1. The second kappa shape index (κ2) is 12.1. The number of fused-ring (bicyclic) bond motifs is 2. The molecule has 6 atom stereocenters. The fourth-order valence-corrected chi connectivity index (χ4v) is 7.02. The molecular weight excluding hydrogens is 472 g/mol. The van der Waals surface area contributed by atoms with Crippen LogP contribution in [0.2, 0.25) is 0 Å². The van der Waals surface area contributed by atoms with E-state index in [1.54, 1.807) is 0 Å². The van der Waals surface area contributed by atoms with E-state index >= 15 is 0 Å². The number of ketones is 2. The van der Waals surface area contributed by atoms with Gasteiger partial charge in [-0.1, -0.05) is 44.6 Å². The van der Waals surface area contributed by atoms with Crippen LogP contribution in [0.25, 0.3) is 0 Å². The van der Waals surface area contributed by atoms with Crippen LogP contribution in [0.5, 0.6) is 0 Å². The Morgan fingerprint density at radius 3 is 2.54 bits per heavy atom. The number of quaternary nitrogens is 1. The van der Waals surface area contributed by atoms with Crippen LogP contribution in [-0.4, -0.2) is 59.8 Å². The van der Waals surface area contributed by atoms with E-state index in [1.807, 2.05) is 6.92 Å². The molecule has 2 heterocycles. The molecule has 4 fully saturated rings. The number of hydrogen-bond acceptors (Lipinski definition) is 7. The highest BCUT2D eigenvalue weighted by Crippen LogP contribution is 2.62. The fourth-order valence-electron chi connectivity index (χ4n) is 7.02. The van der Waals surface area contributed by atoms with Crippen LogP contribution in [0.15, 0.2) is 11.1 Å². The van der Waals surface area contributed by atoms with Gasteiger partial charge < -0.3 is 19.9 Å². The minimum atomic E-state index is -1.85. The predicted octanol–water partition coefficient (Wildman–Crippen LogP) is 2.31. The monoisotopic (exact) mass is 519 g/mol. The molecule has 4 unspecified atom stereocenters. The summed E-state index contributed by atoms with van der Waals surface area (Å²) in [6, 6.07) is 0. The number of unbranched alkanes of at least 4 members (excludes halogenated alkanes) is 3. The lowest BCUT2D eigenvalue weighted by Crippen LogP contribution is -2.94. The van der Waals surface area contributed by atoms with E-state index in [0.717, 1.165) is 76.3 Å². The standard InChI is InChI=1S/C29H46N2O6/c1-3-4-5-8-15-36-27(35)29-26(34)23-10-7-6-9-22(23)25(33)28(29,37-29)17-21(18-32)19(2)11-12-20-13-14-31-24(30)16-20/h20,22-24,31-32H,3-18,30H2,1-2H3/p+1/t20?,22?,23?,24?,28-,29-/m0/s1. The highest BCUT2D eigenvalue weighted by Gasteiger charge is 2.87. The summed E-state index contributed by atoms with van der Waals surface area (Å²) in [4.78, 5) is 41.1. The van der Waals surface area contributed by atoms with Gasteiger partial charge in [0.2, 0.25) is 0 Å². The first-order valence-corrected chi connectivity index (χ1v) is 14.6. The first-order chi connectivity index (χ1) is 17.8. The molecule has 0 aromatic carbocycles. The molecule has 2 aliphatic carbocycles. The number of esters is 1. The van der Waals surface area contributed by atoms with Crippen LogP contribution < -0.4 is 11.1 Å². The van der Waals surface area contributed by atoms with E-state index in [1.165, 1.54) is 0 Å². The molecule has 4 aliphatic rings. The number of aliphatic hydroxyl groups is 1. The van der Waals surface area contributed by atoms with Crippen molar-refractivity contribution >= 4 is 17.5 Å². The average Bonchev–Trinajstić information content (AvgIpc) is 3.60. The SMILES string of the molecule is CCCCCCOC(=O)[C@]12O[C@@]1(CC(CO)=C(C)CCC1CC[NH2+]C(N)C1)C(=O)C1CCCCC1C2=O. The normalized spacial score (nSPS) is 35.9. The van der Waals surface area contributed by atoms with E-state index in [0.29, 0.717) is 24.3 Å². The third-order valence-electron chi connectivity index (χ3n) is 9.39. The van der Waals surface area contributed by atoms with E-state index in [2.05, 4.69) is 12.2 Å². The Morgan fingerprint density at radius 1 is 1.14 bits per heavy atom. The second-order valence-corrected chi connectivity index (χ2v) is 11.9. The van der Waals surface area contributed by atoms with Crippen molar-refractivity contribution in [2.24, 2.45) is 23.5 Å². The Hall–Kier alpha value is -1.61. The molecule has 2 saturated heterocycles. The van der Waals surface area contributed by atoms with Crippen molar-refractivity contribution in [2.45, 2.75) is 115 Å². The minimum absolute atomic E-state index is 0.0754. The lowest BCUT2D eigenvalue weighted by atomic mass is 9.60. The summed E-state index contributed by atoms with van der Waals surface area (Å²) in [5, 5.41) is 12.5. The molecule has 37 heavy (non-hydrogen) atoms. The topological polar surface area (TPSA) is 136 Å². The molecule has 0 aromatic heterocycles. The number of carbonyl (C=O) groups excluding carboxylic acids is 3. The van der Waals surface area contributed by atoms with Crippen molar-refractivity contribution in [1.29, 1.82) is 0 Å². The Morgan fingerprint density at radius 2 is 1.86 bits per heavy atom. The number of nitrogens with two attached hydrogens (primary N) is 2. The number of ether oxygens (including phenoxy) is 2. The molecule has 0 bridgehead atoms. The quantitative estimate of drug-likeness (QED) is 0.118. The van der Waals surface area contributed by atoms with Gasteiger partial charge in [-0.25, -0.2) is 4.79 Å². The van der Waals surface area contributed by atoms with Gasteiger partial charge in [-0.2, -0.15) is 0 Å². The Bertz CT molecular complexity index is 903. The van der Waals surface area contributed by atoms with Gasteiger partial charge in [-0.05, 0) is 56.9 Å². The summed E-state index contributed by atoms with van der Waals surface area (Å²) < 4.78 is 11.6. The smallest absolute Gasteiger partial charge is 0.349 e. The molecule has 8 nitrogen and oxygen atoms in total. The third kappa shape index (κ3) is 5.45. The highest BCUT2D eigenvalue weighted by molar-refractivity contribution is 6.23. The van der Waals surface area contributed by atoms with Crippen molar-refractivity contribution in [2.75, 3.05) is 19.8 Å². The summed E-state index contributed by atoms with van der Waals surface area (Å²) in [6.07, 6.45) is 10.9. The van der Waals surface area contributed by atoms with Crippen LogP contribution in [-0.2, 0) is 23.9 Å². The Kier molecular flexibility index (Phi) is 9.25. The molecule has 208 valence electrons. The lowest BCUT2D eigenvalue weighted by Gasteiger charge is -2.37. The number of carbonyl (C=O) groups is 3. The molecule has 8 heteroatoms. The molecule has 0 aromatic rings. The van der Waals surface area contributed by atoms with Crippen LogP contribution in [0.3, 0.4) is 0 Å². The van der Waals surface area contributed by atoms with E-state index in [9.17, 15) is 19.5 Å². The fraction of sp³-hybridized carbons (Fsp3) is 0.828. The van der Waals surface area contributed by atoms with Gasteiger partial charge in [-0.15, -0.1) is 0 Å². The van der Waals surface area contributed by atoms with Gasteiger partial charge in [0, 0.05) is 24.7 Å². The number of Topliss-reactive ketones (excluding diaryl/α,β-unsaturated/α-hetero) is 2. The summed E-state index contributed by atoms with van der Waals surface area (Å²) in [6.45, 7) is 5.11. The molecule has 0 amide bonds. The van der Waals surface area contributed by atoms with E-state index in [4.69, 9.17) is 15.2 Å². The van der Waals surface area contributed by atoms with Gasteiger partial charge in [-0.3, -0.25) is 15.3 Å². The van der Waals surface area contributed by atoms with Gasteiger partial charge in [0.15, 0.2) is 17.2 Å². The number of rotatable bonds is 12. The van der Waals surface area contributed by atoms with Crippen molar-refractivity contribution in [1.82, 2.24) is 0 Å². The third-order valence-corrected chi connectivity index (χ3v) is 9.39. The van der Waals surface area contributed by atoms with Crippen LogP contribution >= 0.6 is 0 Å². The van der Waals surface area contributed by atoms with Gasteiger partial charge in [0.05, 0.1) is 19.8 Å². The Balaban J connectivity index is 1.53. The maximum absolute atomic E-state index is 13.9. The van der Waals surface area contributed by atoms with E-state index in [-0.39, 0.29) is 37.4 Å². The predicted molar refractivity (Wildman–Crippen MR) is 138 cm³/mol. The first kappa shape index (κ1) is 28.4. The lowest BCUT2D eigenvalue weighted by molar-refractivity contribution is -0.699. The maximum Gasteiger partial charge on any atom is 0.349 e. The number of allylic oxidation sites excluding steroid dienone is 1. The van der Waals surface area contributed by atoms with Crippen molar-refractivity contribution < 1.29 is 34.3 Å². The largest absolute Gasteiger partial charge is 0.463 e. The van der Waals surface area contributed by atoms with Gasteiger partial charge in [0.1, 0.15) is 6.17 Å². The molecule has 5 N–H and O–H groups in total. The van der Waals surface area contributed by atoms with Crippen molar-refractivity contribution in [3.63, 3.8) is 0 Å². The summed E-state index contributed by atoms with van der Waals surface area (Å²) in [5.41, 5.74) is 4.42. The highest BCUT2D eigenvalue weighted by atomic mass is 16.7. The van der Waals surface area contributed by atoms with Crippen LogP contribution in [0, 0.1) is 17.8 Å². The number of hydrogen-bond donors (Lipinski definition) is 3. The zero-order valence-corrected chi connectivity index (χ0v) is 22.8. The zero-order valence-electron chi connectivity index (χ0n) is 22.8. The first-order valence-electron chi connectivity index (χ1n) is 14.6. The summed E-state index contributed by atoms with van der Waals surface area (Å²) in [7, 11) is 0. The van der Waals surface area contributed by atoms with Crippen LogP contribution in [0.4, 0.5) is 0 Å². The summed E-state index contributed by atoms with van der Waals surface area (Å²) >= 11 is 0. The van der Waals surface area contributed by atoms with Gasteiger partial charge in [0.25, 0.3) is 5.60 Å². The van der Waals surface area contributed by atoms with Gasteiger partial charge >= 0.3 is 5.97 Å². The molecule has 0 spiro atoms. The molecule has 2 aliphatic heterocycles. The summed E-state index contributed by atoms with van der Waals surface area (Å²) in [5.74, 6) is -1.49. The number of piperidine rings is 1. The second-order valence-electron chi connectivity index (χ2n) is 11.9. The van der Waals surface area contributed by atoms with Crippen LogP contribution in [0.1, 0.15) is 97.3 Å². The van der Waals surface area contributed by atoms with Crippen molar-refractivity contribution in [3.8, 4) is 0 Å². The Labute approximate surface area is 221 Å². The number of aliphatic hydroxyl groups excluding tert-OH is 1. The average molecular weight is 520 g/mol. The molecule has 0 radical (unpaired) electrons. The maximum atomic E-state index is 13.9. The molecule has 2 saturated carbocycles. The zero-order chi connectivity index (χ0) is 26.6. The van der Waals surface area contributed by atoms with Crippen molar-refractivity contribution in [3.05, 3.63) is 11.1 Å². The molecular formula is C29H47N2O6+.